The van der Waals surface area contributed by atoms with Crippen LogP contribution in [0.15, 0.2) is 66.0 Å². The number of hydrogen-bond acceptors (Lipinski definition) is 6. The molecule has 0 aliphatic rings. The number of anilines is 1. The quantitative estimate of drug-likeness (QED) is 0.477. The number of carbonyl (C=O) groups is 3. The van der Waals surface area contributed by atoms with Gasteiger partial charge in [-0.25, -0.2) is 9.78 Å². The molecule has 0 fully saturated rings. The summed E-state index contributed by atoms with van der Waals surface area (Å²) in [4.78, 5) is 41.6. The molecule has 0 bridgehead atoms. The molecule has 3 rings (SSSR count). The molecule has 0 radical (unpaired) electrons. The number of hydrogen-bond donors (Lipinski definition) is 2. The Morgan fingerprint density at radius 3 is 2.31 bits per heavy atom. The number of aromatic nitrogens is 1. The van der Waals surface area contributed by atoms with Crippen molar-refractivity contribution in [1.82, 2.24) is 10.3 Å². The molecule has 2 aromatic carbocycles. The lowest BCUT2D eigenvalue weighted by Crippen LogP contribution is -2.43. The molecule has 0 saturated carbocycles. The van der Waals surface area contributed by atoms with E-state index in [1.54, 1.807) is 30.3 Å². The maximum Gasteiger partial charge on any atom is 0.329 e. The molecule has 32 heavy (non-hydrogen) atoms. The van der Waals surface area contributed by atoms with Gasteiger partial charge in [0.2, 0.25) is 0 Å². The molecule has 0 saturated heterocycles. The van der Waals surface area contributed by atoms with Crippen LogP contribution < -0.4 is 10.6 Å². The van der Waals surface area contributed by atoms with Crippen LogP contribution in [0.1, 0.15) is 30.6 Å². The van der Waals surface area contributed by atoms with Crippen LogP contribution in [-0.2, 0) is 14.3 Å². The van der Waals surface area contributed by atoms with Crippen LogP contribution in [0.25, 0.3) is 11.3 Å². The van der Waals surface area contributed by atoms with Gasteiger partial charge in [-0.2, -0.15) is 0 Å². The zero-order valence-corrected chi connectivity index (χ0v) is 18.7. The maximum absolute atomic E-state index is 12.6. The zero-order valence-electron chi connectivity index (χ0n) is 17.9. The number of thiazole rings is 1. The highest BCUT2D eigenvalue weighted by atomic mass is 32.1. The van der Waals surface area contributed by atoms with Crippen LogP contribution >= 0.6 is 11.3 Å². The summed E-state index contributed by atoms with van der Waals surface area (Å²) in [6.07, 6.45) is 0.395. The fourth-order valence-corrected chi connectivity index (χ4v) is 3.72. The molecule has 3 aromatic rings. The first-order chi connectivity index (χ1) is 15.4. The molecule has 0 unspecified atom stereocenters. The van der Waals surface area contributed by atoms with Gasteiger partial charge in [-0.3, -0.25) is 14.9 Å². The Hall–Kier alpha value is -3.52. The van der Waals surface area contributed by atoms with Crippen LogP contribution in [0.4, 0.5) is 5.13 Å². The molecule has 0 aliphatic carbocycles. The Labute approximate surface area is 190 Å². The largest absolute Gasteiger partial charge is 0.454 e. The maximum atomic E-state index is 12.6. The van der Waals surface area contributed by atoms with Gasteiger partial charge in [0.15, 0.2) is 11.7 Å². The summed E-state index contributed by atoms with van der Waals surface area (Å²) >= 11 is 1.29. The van der Waals surface area contributed by atoms with E-state index in [1.165, 1.54) is 11.3 Å². The molecule has 0 spiro atoms. The average Bonchev–Trinajstić information content (AvgIpc) is 3.26. The standard InChI is InChI=1S/C24H25N3O4S/c1-16(2)13-19(25-22(29)18-11-7-4-8-12-18)23(30)31-14-21(28)27-24-26-20(15-32-24)17-9-5-3-6-10-17/h3-12,15-16,19H,13-14H2,1-2H3,(H,25,29)(H,26,27,28)/t19-/m0/s1. The smallest absolute Gasteiger partial charge is 0.329 e. The number of esters is 1. The van der Waals surface area contributed by atoms with Gasteiger partial charge in [0, 0.05) is 16.5 Å². The van der Waals surface area contributed by atoms with Gasteiger partial charge < -0.3 is 10.1 Å². The van der Waals surface area contributed by atoms with E-state index in [-0.39, 0.29) is 11.8 Å². The minimum Gasteiger partial charge on any atom is -0.454 e. The number of rotatable bonds is 9. The summed E-state index contributed by atoms with van der Waals surface area (Å²) < 4.78 is 5.18. The van der Waals surface area contributed by atoms with Crippen LogP contribution in [0, 0.1) is 5.92 Å². The summed E-state index contributed by atoms with van der Waals surface area (Å²) in [5, 5.41) is 7.60. The van der Waals surface area contributed by atoms with E-state index in [1.807, 2.05) is 49.6 Å². The van der Waals surface area contributed by atoms with E-state index in [4.69, 9.17) is 4.74 Å². The summed E-state index contributed by atoms with van der Waals surface area (Å²) in [5.41, 5.74) is 2.15. The monoisotopic (exact) mass is 451 g/mol. The highest BCUT2D eigenvalue weighted by Crippen LogP contribution is 2.24. The Balaban J connectivity index is 1.54. The molecule has 1 aromatic heterocycles. The summed E-state index contributed by atoms with van der Waals surface area (Å²) in [5.74, 6) is -1.37. The summed E-state index contributed by atoms with van der Waals surface area (Å²) in [7, 11) is 0. The average molecular weight is 452 g/mol. The first-order valence-electron chi connectivity index (χ1n) is 10.3. The van der Waals surface area contributed by atoms with Crippen molar-refractivity contribution in [2.75, 3.05) is 11.9 Å². The molecule has 7 nitrogen and oxygen atoms in total. The van der Waals surface area contributed by atoms with Crippen molar-refractivity contribution in [2.24, 2.45) is 5.92 Å². The number of nitrogens with zero attached hydrogens (tertiary/aromatic N) is 1. The topological polar surface area (TPSA) is 97.4 Å². The minimum atomic E-state index is -0.847. The SMILES string of the molecule is CC(C)C[C@H](NC(=O)c1ccccc1)C(=O)OCC(=O)Nc1nc(-c2ccccc2)cs1. The second-order valence-electron chi connectivity index (χ2n) is 7.58. The number of ether oxygens (including phenoxy) is 1. The van der Waals surface area contributed by atoms with Crippen LogP contribution in [0.3, 0.4) is 0 Å². The van der Waals surface area contributed by atoms with Gasteiger partial charge in [0.25, 0.3) is 11.8 Å². The molecule has 8 heteroatoms. The van der Waals surface area contributed by atoms with Gasteiger partial charge in [0.05, 0.1) is 5.69 Å². The second kappa shape index (κ2) is 11.2. The molecular weight excluding hydrogens is 426 g/mol. The summed E-state index contributed by atoms with van der Waals surface area (Å²) in [6.45, 7) is 3.41. The molecule has 2 amide bonds. The molecule has 0 aliphatic heterocycles. The third-order valence-electron chi connectivity index (χ3n) is 4.50. The number of amides is 2. The lowest BCUT2D eigenvalue weighted by molar-refractivity contribution is -0.149. The predicted molar refractivity (Wildman–Crippen MR) is 124 cm³/mol. The van der Waals surface area contributed by atoms with E-state index < -0.39 is 24.5 Å². The first-order valence-corrected chi connectivity index (χ1v) is 11.1. The van der Waals surface area contributed by atoms with E-state index >= 15 is 0 Å². The van der Waals surface area contributed by atoms with Crippen molar-refractivity contribution in [3.63, 3.8) is 0 Å². The fourth-order valence-electron chi connectivity index (χ4n) is 2.98. The van der Waals surface area contributed by atoms with Crippen LogP contribution in [0.5, 0.6) is 0 Å². The van der Waals surface area contributed by atoms with Gasteiger partial charge in [-0.15, -0.1) is 11.3 Å². The Morgan fingerprint density at radius 2 is 1.66 bits per heavy atom. The first kappa shape index (κ1) is 23.1. The second-order valence-corrected chi connectivity index (χ2v) is 8.44. The van der Waals surface area contributed by atoms with Gasteiger partial charge in [-0.05, 0) is 24.5 Å². The Morgan fingerprint density at radius 1 is 1.00 bits per heavy atom. The van der Waals surface area contributed by atoms with Crippen molar-refractivity contribution >= 4 is 34.3 Å². The van der Waals surface area contributed by atoms with Crippen LogP contribution in [0.2, 0.25) is 0 Å². The van der Waals surface area contributed by atoms with E-state index in [0.717, 1.165) is 11.3 Å². The van der Waals surface area contributed by atoms with E-state index in [9.17, 15) is 14.4 Å². The highest BCUT2D eigenvalue weighted by Gasteiger charge is 2.24. The van der Waals surface area contributed by atoms with Crippen molar-refractivity contribution in [1.29, 1.82) is 0 Å². The zero-order chi connectivity index (χ0) is 22.9. The van der Waals surface area contributed by atoms with E-state index in [0.29, 0.717) is 17.1 Å². The number of nitrogens with one attached hydrogen (secondary N) is 2. The third-order valence-corrected chi connectivity index (χ3v) is 5.26. The highest BCUT2D eigenvalue weighted by molar-refractivity contribution is 7.14. The summed E-state index contributed by atoms with van der Waals surface area (Å²) in [6, 6.07) is 17.4. The molecule has 2 N–H and O–H groups in total. The van der Waals surface area contributed by atoms with Gasteiger partial charge in [0.1, 0.15) is 6.04 Å². The lowest BCUT2D eigenvalue weighted by atomic mass is 10.0. The molecule has 1 atom stereocenters. The third kappa shape index (κ3) is 6.75. The Kier molecular flexibility index (Phi) is 8.10. The van der Waals surface area contributed by atoms with Crippen molar-refractivity contribution < 1.29 is 19.1 Å². The number of benzene rings is 2. The minimum absolute atomic E-state index is 0.143. The predicted octanol–water partition coefficient (Wildman–Crippen LogP) is 4.14. The van der Waals surface area contributed by atoms with Crippen molar-refractivity contribution in [3.8, 4) is 11.3 Å². The Bertz CT molecular complexity index is 1050. The molecule has 166 valence electrons. The van der Waals surface area contributed by atoms with Crippen LogP contribution in [-0.4, -0.2) is 35.4 Å². The van der Waals surface area contributed by atoms with E-state index in [2.05, 4.69) is 15.6 Å². The molecular formula is C24H25N3O4S. The van der Waals surface area contributed by atoms with Gasteiger partial charge in [-0.1, -0.05) is 62.4 Å². The normalized spacial score (nSPS) is 11.6. The number of carbonyl (C=O) groups excluding carboxylic acids is 3. The lowest BCUT2D eigenvalue weighted by Gasteiger charge is -2.19. The van der Waals surface area contributed by atoms with Crippen molar-refractivity contribution in [3.05, 3.63) is 71.6 Å². The van der Waals surface area contributed by atoms with Crippen molar-refractivity contribution in [2.45, 2.75) is 26.3 Å². The van der Waals surface area contributed by atoms with Gasteiger partial charge >= 0.3 is 5.97 Å². The fraction of sp³-hybridized carbons (Fsp3) is 0.250. The molecule has 1 heterocycles.